The second kappa shape index (κ2) is 5.01. The predicted octanol–water partition coefficient (Wildman–Crippen LogP) is 0.154. The molecule has 0 bridgehead atoms. The second-order valence-electron chi connectivity index (χ2n) is 4.91. The smallest absolute Gasteiger partial charge is 0.407 e. The highest BCUT2D eigenvalue weighted by molar-refractivity contribution is 5.69. The van der Waals surface area contributed by atoms with Gasteiger partial charge in [0.25, 0.3) is 0 Å². The van der Waals surface area contributed by atoms with Crippen LogP contribution < -0.4 is 11.1 Å². The van der Waals surface area contributed by atoms with Gasteiger partial charge in [0.1, 0.15) is 6.10 Å². The van der Waals surface area contributed by atoms with E-state index in [0.717, 1.165) is 32.5 Å². The van der Waals surface area contributed by atoms with Crippen LogP contribution in [0.5, 0.6) is 0 Å². The van der Waals surface area contributed by atoms with Crippen molar-refractivity contribution < 1.29 is 9.53 Å². The SMILES string of the molecule is CC(N)C1CCN(CC2CNC(=O)O2)CC1. The van der Waals surface area contributed by atoms with E-state index in [0.29, 0.717) is 18.5 Å². The van der Waals surface area contributed by atoms with Crippen LogP contribution in [0.4, 0.5) is 4.79 Å². The van der Waals surface area contributed by atoms with Crippen molar-refractivity contribution in [2.45, 2.75) is 31.9 Å². The fourth-order valence-corrected chi connectivity index (χ4v) is 2.48. The summed E-state index contributed by atoms with van der Waals surface area (Å²) >= 11 is 0. The average Bonchev–Trinajstić information content (AvgIpc) is 2.65. The van der Waals surface area contributed by atoms with Gasteiger partial charge in [-0.15, -0.1) is 0 Å². The Morgan fingerprint density at radius 1 is 1.56 bits per heavy atom. The fourth-order valence-electron chi connectivity index (χ4n) is 2.48. The number of likely N-dealkylation sites (tertiary alicyclic amines) is 1. The van der Waals surface area contributed by atoms with E-state index < -0.39 is 0 Å². The minimum absolute atomic E-state index is 0.0272. The Morgan fingerprint density at radius 2 is 2.25 bits per heavy atom. The number of alkyl carbamates (subject to hydrolysis) is 1. The lowest BCUT2D eigenvalue weighted by molar-refractivity contribution is 0.0889. The van der Waals surface area contributed by atoms with E-state index >= 15 is 0 Å². The van der Waals surface area contributed by atoms with Gasteiger partial charge in [-0.2, -0.15) is 0 Å². The largest absolute Gasteiger partial charge is 0.443 e. The van der Waals surface area contributed by atoms with Crippen LogP contribution in [0, 0.1) is 5.92 Å². The minimum Gasteiger partial charge on any atom is -0.443 e. The summed E-state index contributed by atoms with van der Waals surface area (Å²) in [5.41, 5.74) is 5.90. The third kappa shape index (κ3) is 2.86. The molecule has 2 aliphatic rings. The number of carbonyl (C=O) groups excluding carboxylic acids is 1. The number of piperidine rings is 1. The third-order valence-corrected chi connectivity index (χ3v) is 3.59. The molecule has 2 heterocycles. The Morgan fingerprint density at radius 3 is 2.75 bits per heavy atom. The molecule has 0 aromatic rings. The van der Waals surface area contributed by atoms with Crippen molar-refractivity contribution in [3.63, 3.8) is 0 Å². The zero-order chi connectivity index (χ0) is 11.5. The topological polar surface area (TPSA) is 67.6 Å². The average molecular weight is 227 g/mol. The number of amides is 1. The number of rotatable bonds is 3. The van der Waals surface area contributed by atoms with Crippen molar-refractivity contribution in [1.29, 1.82) is 0 Å². The molecule has 0 aliphatic carbocycles. The predicted molar refractivity (Wildman–Crippen MR) is 61.1 cm³/mol. The lowest BCUT2D eigenvalue weighted by Gasteiger charge is -2.34. The van der Waals surface area contributed by atoms with E-state index in [4.69, 9.17) is 10.5 Å². The second-order valence-corrected chi connectivity index (χ2v) is 4.91. The molecule has 0 spiro atoms. The van der Waals surface area contributed by atoms with Gasteiger partial charge >= 0.3 is 6.09 Å². The Balaban J connectivity index is 1.71. The third-order valence-electron chi connectivity index (χ3n) is 3.59. The zero-order valence-electron chi connectivity index (χ0n) is 9.82. The first kappa shape index (κ1) is 11.7. The highest BCUT2D eigenvalue weighted by Crippen LogP contribution is 2.20. The molecule has 2 atom stereocenters. The number of nitrogens with one attached hydrogen (secondary N) is 1. The molecule has 2 aliphatic heterocycles. The lowest BCUT2D eigenvalue weighted by Crippen LogP contribution is -2.43. The summed E-state index contributed by atoms with van der Waals surface area (Å²) in [6, 6.07) is 0.299. The Labute approximate surface area is 96.3 Å². The van der Waals surface area contributed by atoms with E-state index in [9.17, 15) is 4.79 Å². The van der Waals surface area contributed by atoms with Crippen molar-refractivity contribution in [3.05, 3.63) is 0 Å². The number of cyclic esters (lactones) is 1. The van der Waals surface area contributed by atoms with Gasteiger partial charge in [0.2, 0.25) is 0 Å². The van der Waals surface area contributed by atoms with Gasteiger partial charge in [0.05, 0.1) is 6.54 Å². The summed E-state index contributed by atoms with van der Waals surface area (Å²) in [6.07, 6.45) is 2.06. The van der Waals surface area contributed by atoms with Crippen LogP contribution in [0.2, 0.25) is 0 Å². The molecule has 92 valence electrons. The van der Waals surface area contributed by atoms with Crippen LogP contribution >= 0.6 is 0 Å². The van der Waals surface area contributed by atoms with Crippen LogP contribution in [0.15, 0.2) is 0 Å². The first-order valence-corrected chi connectivity index (χ1v) is 6.07. The van der Waals surface area contributed by atoms with Crippen molar-refractivity contribution >= 4 is 6.09 Å². The van der Waals surface area contributed by atoms with Gasteiger partial charge in [0.15, 0.2) is 0 Å². The molecule has 2 saturated heterocycles. The molecule has 0 radical (unpaired) electrons. The van der Waals surface area contributed by atoms with Crippen LogP contribution in [-0.2, 0) is 4.74 Å². The molecule has 0 aromatic heterocycles. The van der Waals surface area contributed by atoms with Gasteiger partial charge in [0, 0.05) is 12.6 Å². The van der Waals surface area contributed by atoms with Crippen molar-refractivity contribution in [1.82, 2.24) is 10.2 Å². The Bertz CT molecular complexity index is 250. The first-order valence-electron chi connectivity index (χ1n) is 6.07. The van der Waals surface area contributed by atoms with Gasteiger partial charge in [-0.25, -0.2) is 4.79 Å². The van der Waals surface area contributed by atoms with Crippen LogP contribution in [0.25, 0.3) is 0 Å². The highest BCUT2D eigenvalue weighted by Gasteiger charge is 2.27. The quantitative estimate of drug-likeness (QED) is 0.720. The van der Waals surface area contributed by atoms with Crippen LogP contribution in [0.1, 0.15) is 19.8 Å². The number of nitrogens with zero attached hydrogens (tertiary/aromatic N) is 1. The molecule has 2 fully saturated rings. The van der Waals surface area contributed by atoms with Crippen LogP contribution in [-0.4, -0.2) is 49.3 Å². The Hall–Kier alpha value is -0.810. The van der Waals surface area contributed by atoms with Crippen molar-refractivity contribution in [2.75, 3.05) is 26.2 Å². The maximum Gasteiger partial charge on any atom is 0.407 e. The van der Waals surface area contributed by atoms with E-state index in [1.165, 1.54) is 0 Å². The molecule has 2 rings (SSSR count). The number of hydrogen-bond donors (Lipinski definition) is 2. The molecule has 5 heteroatoms. The maximum atomic E-state index is 10.9. The van der Waals surface area contributed by atoms with E-state index in [1.807, 2.05) is 0 Å². The molecule has 3 N–H and O–H groups in total. The number of nitrogens with two attached hydrogens (primary N) is 1. The minimum atomic E-state index is -0.282. The molecule has 0 aromatic carbocycles. The summed E-state index contributed by atoms with van der Waals surface area (Å²) in [5, 5.41) is 2.68. The summed E-state index contributed by atoms with van der Waals surface area (Å²) < 4.78 is 5.12. The number of hydrogen-bond acceptors (Lipinski definition) is 4. The monoisotopic (exact) mass is 227 g/mol. The molecule has 0 saturated carbocycles. The lowest BCUT2D eigenvalue weighted by atomic mass is 9.91. The molecular formula is C11H21N3O2. The van der Waals surface area contributed by atoms with Gasteiger partial charge in [-0.05, 0) is 38.8 Å². The van der Waals surface area contributed by atoms with Gasteiger partial charge in [-0.3, -0.25) is 4.90 Å². The van der Waals surface area contributed by atoms with E-state index in [1.54, 1.807) is 0 Å². The zero-order valence-corrected chi connectivity index (χ0v) is 9.82. The molecule has 2 unspecified atom stereocenters. The first-order chi connectivity index (χ1) is 7.65. The normalized spacial score (nSPS) is 29.9. The van der Waals surface area contributed by atoms with Gasteiger partial charge < -0.3 is 15.8 Å². The van der Waals surface area contributed by atoms with Crippen LogP contribution in [0.3, 0.4) is 0 Å². The molecule has 16 heavy (non-hydrogen) atoms. The molecule has 1 amide bonds. The maximum absolute atomic E-state index is 10.9. The fraction of sp³-hybridized carbons (Fsp3) is 0.909. The molecule has 5 nitrogen and oxygen atoms in total. The summed E-state index contributed by atoms with van der Waals surface area (Å²) in [6.45, 7) is 5.72. The summed E-state index contributed by atoms with van der Waals surface area (Å²) in [4.78, 5) is 13.2. The van der Waals surface area contributed by atoms with E-state index in [-0.39, 0.29) is 12.2 Å². The van der Waals surface area contributed by atoms with Crippen molar-refractivity contribution in [2.24, 2.45) is 11.7 Å². The number of ether oxygens (including phenoxy) is 1. The Kier molecular flexibility index (Phi) is 3.66. The summed E-state index contributed by atoms with van der Waals surface area (Å²) in [5.74, 6) is 0.653. The van der Waals surface area contributed by atoms with Gasteiger partial charge in [-0.1, -0.05) is 0 Å². The standard InChI is InChI=1S/C11H21N3O2/c1-8(12)9-2-4-14(5-3-9)7-10-6-13-11(15)16-10/h8-10H,2-7,12H2,1H3,(H,13,15). The number of carbonyl (C=O) groups is 1. The molecular weight excluding hydrogens is 206 g/mol. The summed E-state index contributed by atoms with van der Waals surface area (Å²) in [7, 11) is 0. The van der Waals surface area contributed by atoms with Crippen molar-refractivity contribution in [3.8, 4) is 0 Å². The highest BCUT2D eigenvalue weighted by atomic mass is 16.6. The van der Waals surface area contributed by atoms with E-state index in [2.05, 4.69) is 17.1 Å².